The minimum absolute atomic E-state index is 0.189. The van der Waals surface area contributed by atoms with E-state index in [9.17, 15) is 14.4 Å². The van der Waals surface area contributed by atoms with Crippen molar-refractivity contribution in [3.8, 4) is 34.0 Å². The van der Waals surface area contributed by atoms with E-state index >= 15 is 0 Å². The zero-order chi connectivity index (χ0) is 42.7. The Morgan fingerprint density at radius 1 is 0.541 bits per heavy atom. The Morgan fingerprint density at radius 2 is 0.902 bits per heavy atom. The fourth-order valence-electron chi connectivity index (χ4n) is 7.06. The van der Waals surface area contributed by atoms with Crippen LogP contribution in [-0.4, -0.2) is 107 Å². The highest BCUT2D eigenvalue weighted by molar-refractivity contribution is 9.10. The SMILES string of the molecule is CCOC(=O)c1cc(-c2ccco2)cc(CN2CCN(Cc3cc(-c4ccco4)cc(C(=O)OCC)n3)CCN(Cc3cc(-c4ccc(Br)o4)cc(C(=O)OCC)n3)CC2)n1. The van der Waals surface area contributed by atoms with Crippen molar-refractivity contribution in [1.82, 2.24) is 29.7 Å². The number of carbonyl (C=O) groups is 3. The standard InChI is InChI=1S/C45H47BrN6O9/c1-4-56-43(53)36-24-30(39-9-7-19-59-39)21-33(47-36)27-50-13-14-51(28-34-22-31(40-10-8-20-60-40)25-37(48-34)44(54)57-5-2)16-18-52(17-15-50)29-35-23-32(41-11-12-42(46)61-41)26-38(49-35)45(55)58-6-3/h7-12,19-26H,4-6,13-18,27-29H2,1-3H3. The maximum atomic E-state index is 13.0. The maximum absolute atomic E-state index is 13.0. The summed E-state index contributed by atoms with van der Waals surface area (Å²) in [4.78, 5) is 60.1. The lowest BCUT2D eigenvalue weighted by atomic mass is 10.1. The van der Waals surface area contributed by atoms with Gasteiger partial charge in [-0.3, -0.25) is 14.7 Å². The molecule has 0 aromatic carbocycles. The Hall–Kier alpha value is -5.94. The molecule has 0 radical (unpaired) electrons. The number of rotatable bonds is 15. The van der Waals surface area contributed by atoms with Gasteiger partial charge in [0.25, 0.3) is 0 Å². The fourth-order valence-corrected chi connectivity index (χ4v) is 7.37. The highest BCUT2D eigenvalue weighted by Gasteiger charge is 2.23. The van der Waals surface area contributed by atoms with Crippen LogP contribution in [0.4, 0.5) is 0 Å². The van der Waals surface area contributed by atoms with E-state index in [0.717, 1.165) is 11.1 Å². The van der Waals surface area contributed by atoms with Crippen LogP contribution in [0, 0.1) is 0 Å². The van der Waals surface area contributed by atoms with Gasteiger partial charge in [-0.25, -0.2) is 29.3 Å². The van der Waals surface area contributed by atoms with E-state index in [-0.39, 0.29) is 36.9 Å². The van der Waals surface area contributed by atoms with Gasteiger partial charge in [0.05, 0.1) is 49.4 Å². The van der Waals surface area contributed by atoms with Gasteiger partial charge in [-0.15, -0.1) is 0 Å². The number of aromatic nitrogens is 3. The Balaban J connectivity index is 1.21. The highest BCUT2D eigenvalue weighted by Crippen LogP contribution is 2.28. The predicted molar refractivity (Wildman–Crippen MR) is 227 cm³/mol. The van der Waals surface area contributed by atoms with Crippen LogP contribution in [0.25, 0.3) is 34.0 Å². The van der Waals surface area contributed by atoms with Crippen LogP contribution in [-0.2, 0) is 33.8 Å². The molecule has 6 aromatic heterocycles. The third kappa shape index (κ3) is 11.5. The summed E-state index contributed by atoms with van der Waals surface area (Å²) in [7, 11) is 0. The van der Waals surface area contributed by atoms with E-state index in [1.54, 1.807) is 69.7 Å². The summed E-state index contributed by atoms with van der Waals surface area (Å²) in [5.41, 5.74) is 4.76. The monoisotopic (exact) mass is 894 g/mol. The minimum atomic E-state index is -0.518. The molecule has 0 bridgehead atoms. The van der Waals surface area contributed by atoms with E-state index in [4.69, 9.17) is 42.4 Å². The molecule has 16 heteroatoms. The number of carbonyl (C=O) groups excluding carboxylic acids is 3. The number of furan rings is 3. The molecule has 1 aliphatic heterocycles. The molecule has 0 saturated carbocycles. The number of hydrogen-bond donors (Lipinski definition) is 0. The molecule has 318 valence electrons. The zero-order valence-corrected chi connectivity index (χ0v) is 35.9. The molecule has 15 nitrogen and oxygen atoms in total. The number of pyridine rings is 3. The average Bonchev–Trinajstić information content (AvgIpc) is 4.08. The summed E-state index contributed by atoms with van der Waals surface area (Å²) in [6.07, 6.45) is 3.18. The molecule has 1 fully saturated rings. The second-order valence-electron chi connectivity index (χ2n) is 14.2. The highest BCUT2D eigenvalue weighted by atomic mass is 79.9. The molecule has 0 aliphatic carbocycles. The number of halogens is 1. The van der Waals surface area contributed by atoms with Gasteiger partial charge in [-0.1, -0.05) is 0 Å². The van der Waals surface area contributed by atoms with Crippen LogP contribution in [0.1, 0.15) is 69.3 Å². The lowest BCUT2D eigenvalue weighted by Crippen LogP contribution is -2.36. The topological polar surface area (TPSA) is 167 Å². The number of esters is 3. The molecule has 0 N–H and O–H groups in total. The smallest absolute Gasteiger partial charge is 0.356 e. The van der Waals surface area contributed by atoms with Crippen LogP contribution in [0.15, 0.2) is 103 Å². The molecule has 7 rings (SSSR count). The first kappa shape index (κ1) is 43.2. The van der Waals surface area contributed by atoms with Gasteiger partial charge in [0.2, 0.25) is 0 Å². The predicted octanol–water partition coefficient (Wildman–Crippen LogP) is 7.76. The van der Waals surface area contributed by atoms with E-state index < -0.39 is 17.9 Å². The first-order valence-corrected chi connectivity index (χ1v) is 21.0. The van der Waals surface area contributed by atoms with E-state index in [2.05, 4.69) is 30.6 Å². The molecular formula is C45H47BrN6O9. The third-order valence-electron chi connectivity index (χ3n) is 9.91. The van der Waals surface area contributed by atoms with Crippen LogP contribution in [0.3, 0.4) is 0 Å². The van der Waals surface area contributed by atoms with E-state index in [1.807, 2.05) is 36.4 Å². The second kappa shape index (κ2) is 20.5. The molecule has 7 heterocycles. The van der Waals surface area contributed by atoms with Crippen molar-refractivity contribution >= 4 is 33.8 Å². The quantitative estimate of drug-likeness (QED) is 0.0724. The lowest BCUT2D eigenvalue weighted by Gasteiger charge is -2.25. The van der Waals surface area contributed by atoms with Gasteiger partial charge in [0.15, 0.2) is 4.67 Å². The van der Waals surface area contributed by atoms with Gasteiger partial charge < -0.3 is 27.5 Å². The van der Waals surface area contributed by atoms with Crippen molar-refractivity contribution in [2.24, 2.45) is 0 Å². The molecule has 61 heavy (non-hydrogen) atoms. The molecule has 0 unspecified atom stereocenters. The van der Waals surface area contributed by atoms with Crippen molar-refractivity contribution in [3.63, 3.8) is 0 Å². The summed E-state index contributed by atoms with van der Waals surface area (Å²) in [5.74, 6) is 0.271. The minimum Gasteiger partial charge on any atom is -0.464 e. The van der Waals surface area contributed by atoms with E-state index in [0.29, 0.717) is 103 Å². The molecule has 6 aromatic rings. The lowest BCUT2D eigenvalue weighted by molar-refractivity contribution is 0.0509. The summed E-state index contributed by atoms with van der Waals surface area (Å²) in [6.45, 7) is 11.1. The Morgan fingerprint density at radius 3 is 1.20 bits per heavy atom. The van der Waals surface area contributed by atoms with Crippen LogP contribution in [0.5, 0.6) is 0 Å². The molecule has 1 saturated heterocycles. The average molecular weight is 896 g/mol. The van der Waals surface area contributed by atoms with Gasteiger partial charge >= 0.3 is 17.9 Å². The number of nitrogens with zero attached hydrogens (tertiary/aromatic N) is 6. The molecule has 0 atom stereocenters. The summed E-state index contributed by atoms with van der Waals surface area (Å²) < 4.78 is 33.9. The van der Waals surface area contributed by atoms with Crippen molar-refractivity contribution in [2.75, 3.05) is 59.1 Å². The number of hydrogen-bond acceptors (Lipinski definition) is 15. The first-order chi connectivity index (χ1) is 29.7. The summed E-state index contributed by atoms with van der Waals surface area (Å²) >= 11 is 3.39. The van der Waals surface area contributed by atoms with Gasteiger partial charge in [0, 0.05) is 75.6 Å². The zero-order valence-electron chi connectivity index (χ0n) is 34.3. The molecule has 1 aliphatic rings. The van der Waals surface area contributed by atoms with Crippen molar-refractivity contribution in [3.05, 3.63) is 124 Å². The van der Waals surface area contributed by atoms with Crippen molar-refractivity contribution < 1.29 is 41.8 Å². The third-order valence-corrected chi connectivity index (χ3v) is 10.3. The summed E-state index contributed by atoms with van der Waals surface area (Å²) in [6, 6.07) is 21.8. The number of ether oxygens (including phenoxy) is 3. The molecule has 0 spiro atoms. The summed E-state index contributed by atoms with van der Waals surface area (Å²) in [5, 5.41) is 0. The van der Waals surface area contributed by atoms with Gasteiger partial charge in [-0.2, -0.15) is 0 Å². The molecule has 0 amide bonds. The van der Waals surface area contributed by atoms with Crippen molar-refractivity contribution in [2.45, 2.75) is 40.4 Å². The Kier molecular flexibility index (Phi) is 14.5. The Bertz CT molecular complexity index is 2300. The largest absolute Gasteiger partial charge is 0.464 e. The van der Waals surface area contributed by atoms with Gasteiger partial charge in [0.1, 0.15) is 34.4 Å². The van der Waals surface area contributed by atoms with Crippen molar-refractivity contribution in [1.29, 1.82) is 0 Å². The normalized spacial score (nSPS) is 14.2. The second-order valence-corrected chi connectivity index (χ2v) is 15.0. The Labute approximate surface area is 361 Å². The molecular weight excluding hydrogens is 848 g/mol. The first-order valence-electron chi connectivity index (χ1n) is 20.2. The fraction of sp³-hybridized carbons (Fsp3) is 0.333. The van der Waals surface area contributed by atoms with Gasteiger partial charge in [-0.05, 0) is 109 Å². The maximum Gasteiger partial charge on any atom is 0.356 e. The van der Waals surface area contributed by atoms with Crippen LogP contribution >= 0.6 is 15.9 Å². The van der Waals surface area contributed by atoms with E-state index in [1.165, 1.54) is 0 Å². The van der Waals surface area contributed by atoms with Crippen LogP contribution < -0.4 is 0 Å². The van der Waals surface area contributed by atoms with Crippen LogP contribution in [0.2, 0.25) is 0 Å².